The molecule has 2 amide bonds. The van der Waals surface area contributed by atoms with Crippen molar-refractivity contribution in [1.29, 1.82) is 0 Å². The second-order valence-electron chi connectivity index (χ2n) is 11.3. The fourth-order valence-electron chi connectivity index (χ4n) is 6.48. The van der Waals surface area contributed by atoms with Crippen molar-refractivity contribution in [3.05, 3.63) is 88.4 Å². The van der Waals surface area contributed by atoms with Gasteiger partial charge in [0.1, 0.15) is 5.75 Å². The Morgan fingerprint density at radius 1 is 1.15 bits per heavy atom. The van der Waals surface area contributed by atoms with E-state index in [0.717, 1.165) is 5.56 Å². The van der Waals surface area contributed by atoms with Crippen molar-refractivity contribution in [2.45, 2.75) is 50.2 Å². The molecule has 3 aromatic carbocycles. The Kier molecular flexibility index (Phi) is 8.02. The molecule has 2 heterocycles. The number of ether oxygens (including phenoxy) is 2. The molecule has 1 saturated heterocycles. The third-order valence-corrected chi connectivity index (χ3v) is 11.0. The fraction of sp³-hybridized carbons (Fsp3) is 0.355. The Balaban J connectivity index is 1.45. The van der Waals surface area contributed by atoms with E-state index in [1.54, 1.807) is 54.5 Å². The molecule has 5 rings (SSSR count). The lowest BCUT2D eigenvalue weighted by atomic mass is 9.82. The van der Waals surface area contributed by atoms with Gasteiger partial charge in [-0.2, -0.15) is 0 Å². The minimum absolute atomic E-state index is 0.107. The molecule has 0 aromatic heterocycles. The monoisotopic (exact) mass is 594 g/mol. The summed E-state index contributed by atoms with van der Waals surface area (Å²) in [6, 6.07) is 19.6. The SMILES string of the molecule is COc1ccc(C(=O)Nc2cccc(CN3C(=O)[C@]4(O[C@H](CCO)[C@@H]([Si](C)(C)O)[C@@H]4C)c4cc(Cl)ccc43)c2)cc1. The molecule has 0 aliphatic carbocycles. The van der Waals surface area contributed by atoms with Crippen LogP contribution in [0.3, 0.4) is 0 Å². The van der Waals surface area contributed by atoms with E-state index in [-0.39, 0.29) is 36.4 Å². The number of nitrogens with one attached hydrogen (secondary N) is 1. The number of anilines is 2. The standard InChI is InChI=1S/C31H35ClN2O6Si/c1-19-28(41(3,4)38)27(14-15-35)40-31(19)25-17-22(32)10-13-26(25)34(30(31)37)18-20-6-5-7-23(16-20)33-29(36)21-8-11-24(39-2)12-9-21/h5-13,16-17,19,27-28,35,38H,14-15,18H2,1-4H3,(H,33,36)/t19-,27+,28-,31+/m0/s1. The first-order chi connectivity index (χ1) is 19.5. The first-order valence-electron chi connectivity index (χ1n) is 13.7. The fourth-order valence-corrected chi connectivity index (χ4v) is 9.25. The number of methoxy groups -OCH3 is 1. The van der Waals surface area contributed by atoms with Gasteiger partial charge < -0.3 is 29.6 Å². The van der Waals surface area contributed by atoms with Crippen LogP contribution in [0.2, 0.25) is 23.7 Å². The van der Waals surface area contributed by atoms with Crippen LogP contribution in [0.4, 0.5) is 11.4 Å². The summed E-state index contributed by atoms with van der Waals surface area (Å²) in [6.45, 7) is 5.79. The number of amides is 2. The summed E-state index contributed by atoms with van der Waals surface area (Å²) in [5.74, 6) is -0.155. The van der Waals surface area contributed by atoms with Crippen LogP contribution in [0.5, 0.6) is 5.75 Å². The maximum Gasteiger partial charge on any atom is 0.264 e. The third kappa shape index (κ3) is 5.28. The zero-order valence-corrected chi connectivity index (χ0v) is 25.3. The van der Waals surface area contributed by atoms with Crippen molar-refractivity contribution in [2.75, 3.05) is 23.9 Å². The Hall–Kier alpha value is -3.21. The van der Waals surface area contributed by atoms with Crippen LogP contribution in [0.15, 0.2) is 66.7 Å². The van der Waals surface area contributed by atoms with E-state index in [9.17, 15) is 19.5 Å². The molecule has 0 unspecified atom stereocenters. The van der Waals surface area contributed by atoms with Gasteiger partial charge in [0, 0.05) is 39.9 Å². The van der Waals surface area contributed by atoms with Crippen LogP contribution in [-0.2, 0) is 21.7 Å². The molecule has 10 heteroatoms. The molecule has 2 aliphatic rings. The molecule has 0 saturated carbocycles. The first-order valence-corrected chi connectivity index (χ1v) is 17.1. The van der Waals surface area contributed by atoms with Crippen molar-refractivity contribution in [2.24, 2.45) is 5.92 Å². The van der Waals surface area contributed by atoms with E-state index >= 15 is 0 Å². The van der Waals surface area contributed by atoms with Crippen LogP contribution >= 0.6 is 11.6 Å². The van der Waals surface area contributed by atoms with Gasteiger partial charge in [0.15, 0.2) is 13.9 Å². The molecule has 0 radical (unpaired) electrons. The number of aliphatic hydroxyl groups is 1. The van der Waals surface area contributed by atoms with E-state index in [1.165, 1.54) is 0 Å². The molecule has 1 spiro atoms. The van der Waals surface area contributed by atoms with Crippen LogP contribution < -0.4 is 15.0 Å². The molecule has 3 aromatic rings. The van der Waals surface area contributed by atoms with Crippen LogP contribution in [0.1, 0.15) is 34.8 Å². The number of hydrogen-bond acceptors (Lipinski definition) is 6. The number of benzene rings is 3. The van der Waals surface area contributed by atoms with Gasteiger partial charge in [0.05, 0.1) is 25.4 Å². The molecule has 0 bridgehead atoms. The first kappa shape index (κ1) is 29.3. The van der Waals surface area contributed by atoms with Gasteiger partial charge in [-0.05, 0) is 79.7 Å². The lowest BCUT2D eigenvalue weighted by Gasteiger charge is -2.32. The van der Waals surface area contributed by atoms with Gasteiger partial charge in [-0.1, -0.05) is 30.7 Å². The number of hydrogen-bond donors (Lipinski definition) is 3. The van der Waals surface area contributed by atoms with Gasteiger partial charge in [-0.15, -0.1) is 0 Å². The number of halogens is 1. The van der Waals surface area contributed by atoms with E-state index in [2.05, 4.69) is 5.32 Å². The largest absolute Gasteiger partial charge is 0.497 e. The van der Waals surface area contributed by atoms with Crippen molar-refractivity contribution >= 4 is 43.1 Å². The normalized spacial score (nSPS) is 23.6. The molecule has 8 nitrogen and oxygen atoms in total. The average molecular weight is 595 g/mol. The minimum atomic E-state index is -2.79. The molecular weight excluding hydrogens is 560 g/mol. The molecule has 41 heavy (non-hydrogen) atoms. The highest BCUT2D eigenvalue weighted by Crippen LogP contribution is 2.60. The summed E-state index contributed by atoms with van der Waals surface area (Å²) in [5.41, 5.74) is 1.69. The maximum absolute atomic E-state index is 14.4. The number of aliphatic hydroxyl groups excluding tert-OH is 1. The van der Waals surface area contributed by atoms with Crippen molar-refractivity contribution in [1.82, 2.24) is 0 Å². The Morgan fingerprint density at radius 3 is 2.54 bits per heavy atom. The topological polar surface area (TPSA) is 108 Å². The minimum Gasteiger partial charge on any atom is -0.497 e. The average Bonchev–Trinajstić information content (AvgIpc) is 3.35. The van der Waals surface area contributed by atoms with Crippen molar-refractivity contribution in [3.63, 3.8) is 0 Å². The highest BCUT2D eigenvalue weighted by molar-refractivity contribution is 6.71. The second kappa shape index (κ2) is 11.2. The highest BCUT2D eigenvalue weighted by atomic mass is 35.5. The number of carbonyl (C=O) groups is 2. The quantitative estimate of drug-likeness (QED) is 0.304. The van der Waals surface area contributed by atoms with Crippen LogP contribution in [0, 0.1) is 5.92 Å². The van der Waals surface area contributed by atoms with Gasteiger partial charge in [0.2, 0.25) is 0 Å². The molecular formula is C31H35ClN2O6Si. The van der Waals surface area contributed by atoms with Crippen molar-refractivity contribution < 1.29 is 29.0 Å². The van der Waals surface area contributed by atoms with E-state index in [4.69, 9.17) is 21.1 Å². The predicted molar refractivity (Wildman–Crippen MR) is 161 cm³/mol. The summed E-state index contributed by atoms with van der Waals surface area (Å²) >= 11 is 6.44. The molecule has 4 atom stereocenters. The maximum atomic E-state index is 14.4. The third-order valence-electron chi connectivity index (χ3n) is 8.24. The highest BCUT2D eigenvalue weighted by Gasteiger charge is 2.66. The van der Waals surface area contributed by atoms with Gasteiger partial charge >= 0.3 is 0 Å². The second-order valence-corrected chi connectivity index (χ2v) is 15.7. The van der Waals surface area contributed by atoms with Gasteiger partial charge in [-0.3, -0.25) is 9.59 Å². The zero-order valence-electron chi connectivity index (χ0n) is 23.6. The molecule has 1 fully saturated rings. The lowest BCUT2D eigenvalue weighted by molar-refractivity contribution is -0.146. The zero-order chi connectivity index (χ0) is 29.5. The molecule has 2 aliphatic heterocycles. The van der Waals surface area contributed by atoms with Gasteiger partial charge in [0.25, 0.3) is 11.8 Å². The predicted octanol–water partition coefficient (Wildman–Crippen LogP) is 5.33. The van der Waals surface area contributed by atoms with Crippen LogP contribution in [-0.4, -0.2) is 49.9 Å². The van der Waals surface area contributed by atoms with E-state index in [0.29, 0.717) is 39.7 Å². The van der Waals surface area contributed by atoms with E-state index in [1.807, 2.05) is 44.3 Å². The summed E-state index contributed by atoms with van der Waals surface area (Å²) in [4.78, 5) is 40.1. The summed E-state index contributed by atoms with van der Waals surface area (Å²) < 4.78 is 11.8. The number of rotatable bonds is 8. The lowest BCUT2D eigenvalue weighted by Crippen LogP contribution is -2.46. The van der Waals surface area contributed by atoms with Gasteiger partial charge in [-0.25, -0.2) is 0 Å². The number of carbonyl (C=O) groups excluding carboxylic acids is 2. The Labute approximate surface area is 246 Å². The molecule has 216 valence electrons. The summed E-state index contributed by atoms with van der Waals surface area (Å²) in [7, 11) is -1.22. The van der Waals surface area contributed by atoms with Crippen molar-refractivity contribution in [3.8, 4) is 5.75 Å². The summed E-state index contributed by atoms with van der Waals surface area (Å²) in [5, 5.41) is 13.2. The Bertz CT molecular complexity index is 1460. The summed E-state index contributed by atoms with van der Waals surface area (Å²) in [6.07, 6.45) is -0.138. The Morgan fingerprint density at radius 2 is 1.88 bits per heavy atom. The number of nitrogens with zero attached hydrogens (tertiary/aromatic N) is 1. The smallest absolute Gasteiger partial charge is 0.264 e. The number of fused-ring (bicyclic) bond motifs is 2. The van der Waals surface area contributed by atoms with E-state index < -0.39 is 20.0 Å². The molecule has 3 N–H and O–H groups in total. The van der Waals surface area contributed by atoms with Crippen LogP contribution in [0.25, 0.3) is 0 Å².